The first-order valence-electron chi connectivity index (χ1n) is 6.89. The van der Waals surface area contributed by atoms with Crippen LogP contribution in [-0.4, -0.2) is 62.2 Å². The minimum Gasteiger partial charge on any atom is -0.311 e. The third-order valence-corrected chi connectivity index (χ3v) is 4.05. The van der Waals surface area contributed by atoms with Crippen molar-refractivity contribution < 1.29 is 0 Å². The molecule has 0 aromatic rings. The van der Waals surface area contributed by atoms with Crippen LogP contribution in [0.3, 0.4) is 0 Å². The molecule has 1 aliphatic carbocycles. The third-order valence-electron chi connectivity index (χ3n) is 4.05. The van der Waals surface area contributed by atoms with E-state index in [1.807, 2.05) is 0 Å². The van der Waals surface area contributed by atoms with Gasteiger partial charge in [-0.05, 0) is 46.4 Å². The summed E-state index contributed by atoms with van der Waals surface area (Å²) in [5, 5.41) is 3.70. The number of fused-ring (bicyclic) bond motifs is 1. The summed E-state index contributed by atoms with van der Waals surface area (Å²) in [4.78, 5) is 5.03. The Balaban J connectivity index is 1.78. The maximum atomic E-state index is 3.70. The van der Waals surface area contributed by atoms with Crippen LogP contribution >= 0.6 is 0 Å². The maximum absolute atomic E-state index is 3.70. The molecule has 0 aromatic carbocycles. The lowest BCUT2D eigenvalue weighted by molar-refractivity contribution is 0.0851. The van der Waals surface area contributed by atoms with Gasteiger partial charge in [0.05, 0.1) is 0 Å². The molecule has 0 spiro atoms. The van der Waals surface area contributed by atoms with Crippen molar-refractivity contribution in [3.8, 4) is 0 Å². The standard InChI is InChI=1S/C13H27N3/c1-15(2)9-5-10-16-11-8-14-12-6-3-4-7-13(12)16/h12-14H,3-11H2,1-2H3/t12-,13-/m0/s1. The number of nitrogens with zero attached hydrogens (tertiary/aromatic N) is 2. The first-order valence-corrected chi connectivity index (χ1v) is 6.89. The van der Waals surface area contributed by atoms with E-state index in [0.29, 0.717) is 0 Å². The Labute approximate surface area is 100 Å². The van der Waals surface area contributed by atoms with Crippen LogP contribution < -0.4 is 5.32 Å². The zero-order valence-corrected chi connectivity index (χ0v) is 10.9. The van der Waals surface area contributed by atoms with Crippen molar-refractivity contribution in [1.82, 2.24) is 15.1 Å². The summed E-state index contributed by atoms with van der Waals surface area (Å²) in [6.07, 6.45) is 7.00. The molecule has 94 valence electrons. The highest BCUT2D eigenvalue weighted by molar-refractivity contribution is 4.91. The van der Waals surface area contributed by atoms with Crippen LogP contribution in [0.2, 0.25) is 0 Å². The summed E-state index contributed by atoms with van der Waals surface area (Å²) in [5.74, 6) is 0. The molecule has 2 rings (SSSR count). The number of nitrogens with one attached hydrogen (secondary N) is 1. The van der Waals surface area contributed by atoms with Gasteiger partial charge in [0.15, 0.2) is 0 Å². The fraction of sp³-hybridized carbons (Fsp3) is 1.00. The van der Waals surface area contributed by atoms with Gasteiger partial charge in [-0.3, -0.25) is 4.90 Å². The van der Waals surface area contributed by atoms with E-state index in [1.165, 1.54) is 58.3 Å². The summed E-state index contributed by atoms with van der Waals surface area (Å²) < 4.78 is 0. The molecule has 1 heterocycles. The first kappa shape index (κ1) is 12.3. The van der Waals surface area contributed by atoms with E-state index in [1.54, 1.807) is 0 Å². The van der Waals surface area contributed by atoms with Gasteiger partial charge in [0.1, 0.15) is 0 Å². The molecule has 16 heavy (non-hydrogen) atoms. The summed E-state index contributed by atoms with van der Waals surface area (Å²) in [5.41, 5.74) is 0. The summed E-state index contributed by atoms with van der Waals surface area (Å²) >= 11 is 0. The summed E-state index contributed by atoms with van der Waals surface area (Å²) in [6.45, 7) is 4.97. The smallest absolute Gasteiger partial charge is 0.0249 e. The molecule has 0 aromatic heterocycles. The molecule has 3 nitrogen and oxygen atoms in total. The fourth-order valence-electron chi connectivity index (χ4n) is 3.21. The zero-order valence-electron chi connectivity index (χ0n) is 10.9. The van der Waals surface area contributed by atoms with Gasteiger partial charge in [0.2, 0.25) is 0 Å². The Morgan fingerprint density at radius 3 is 2.88 bits per heavy atom. The molecule has 0 amide bonds. The topological polar surface area (TPSA) is 18.5 Å². The van der Waals surface area contributed by atoms with E-state index in [0.717, 1.165) is 12.1 Å². The lowest BCUT2D eigenvalue weighted by Crippen LogP contribution is -2.59. The van der Waals surface area contributed by atoms with E-state index in [-0.39, 0.29) is 0 Å². The molecule has 2 aliphatic rings. The van der Waals surface area contributed by atoms with Crippen LogP contribution in [-0.2, 0) is 0 Å². The normalized spacial score (nSPS) is 31.7. The van der Waals surface area contributed by atoms with Crippen molar-refractivity contribution in [2.45, 2.75) is 44.2 Å². The number of hydrogen-bond acceptors (Lipinski definition) is 3. The Kier molecular flexibility index (Phi) is 4.62. The Hall–Kier alpha value is -0.120. The van der Waals surface area contributed by atoms with Crippen LogP contribution in [0.15, 0.2) is 0 Å². The Morgan fingerprint density at radius 2 is 2.06 bits per heavy atom. The van der Waals surface area contributed by atoms with Gasteiger partial charge >= 0.3 is 0 Å². The highest BCUT2D eigenvalue weighted by atomic mass is 15.2. The molecule has 2 fully saturated rings. The second-order valence-corrected chi connectivity index (χ2v) is 5.61. The Morgan fingerprint density at radius 1 is 1.25 bits per heavy atom. The van der Waals surface area contributed by atoms with Crippen LogP contribution in [0.5, 0.6) is 0 Å². The molecule has 2 atom stereocenters. The molecule has 1 N–H and O–H groups in total. The lowest BCUT2D eigenvalue weighted by atomic mass is 9.87. The number of rotatable bonds is 4. The van der Waals surface area contributed by atoms with Crippen molar-refractivity contribution in [2.24, 2.45) is 0 Å². The highest BCUT2D eigenvalue weighted by Gasteiger charge is 2.32. The van der Waals surface area contributed by atoms with Gasteiger partial charge in [0.25, 0.3) is 0 Å². The predicted molar refractivity (Wildman–Crippen MR) is 68.8 cm³/mol. The van der Waals surface area contributed by atoms with Gasteiger partial charge in [-0.25, -0.2) is 0 Å². The SMILES string of the molecule is CN(C)CCCN1CCN[C@H]2CCCC[C@@H]21. The summed E-state index contributed by atoms with van der Waals surface area (Å²) in [7, 11) is 4.34. The fourth-order valence-corrected chi connectivity index (χ4v) is 3.21. The molecule has 3 heteroatoms. The summed E-state index contributed by atoms with van der Waals surface area (Å²) in [6, 6.07) is 1.63. The highest BCUT2D eigenvalue weighted by Crippen LogP contribution is 2.25. The molecule has 0 unspecified atom stereocenters. The van der Waals surface area contributed by atoms with Crippen molar-refractivity contribution in [1.29, 1.82) is 0 Å². The average molecular weight is 225 g/mol. The average Bonchev–Trinajstić information content (AvgIpc) is 2.29. The molecular formula is C13H27N3. The van der Waals surface area contributed by atoms with E-state index in [2.05, 4.69) is 29.2 Å². The maximum Gasteiger partial charge on any atom is 0.0249 e. The van der Waals surface area contributed by atoms with Crippen molar-refractivity contribution in [3.05, 3.63) is 0 Å². The van der Waals surface area contributed by atoms with E-state index in [9.17, 15) is 0 Å². The van der Waals surface area contributed by atoms with Gasteiger partial charge in [-0.2, -0.15) is 0 Å². The molecule has 0 bridgehead atoms. The van der Waals surface area contributed by atoms with E-state index in [4.69, 9.17) is 0 Å². The van der Waals surface area contributed by atoms with Crippen molar-refractivity contribution in [3.63, 3.8) is 0 Å². The van der Waals surface area contributed by atoms with Crippen LogP contribution in [0.1, 0.15) is 32.1 Å². The van der Waals surface area contributed by atoms with Crippen molar-refractivity contribution in [2.75, 3.05) is 40.3 Å². The minimum atomic E-state index is 0.793. The third kappa shape index (κ3) is 3.19. The second kappa shape index (κ2) is 5.99. The van der Waals surface area contributed by atoms with E-state index < -0.39 is 0 Å². The lowest BCUT2D eigenvalue weighted by Gasteiger charge is -2.44. The molecular weight excluding hydrogens is 198 g/mol. The van der Waals surface area contributed by atoms with Crippen molar-refractivity contribution >= 4 is 0 Å². The second-order valence-electron chi connectivity index (χ2n) is 5.61. The monoisotopic (exact) mass is 225 g/mol. The number of hydrogen-bond donors (Lipinski definition) is 1. The zero-order chi connectivity index (χ0) is 11.4. The van der Waals surface area contributed by atoms with Gasteiger partial charge in [-0.1, -0.05) is 12.8 Å². The molecule has 0 radical (unpaired) electrons. The first-order chi connectivity index (χ1) is 7.77. The van der Waals surface area contributed by atoms with E-state index >= 15 is 0 Å². The molecule has 1 saturated carbocycles. The molecule has 1 saturated heterocycles. The van der Waals surface area contributed by atoms with Gasteiger partial charge in [-0.15, -0.1) is 0 Å². The number of piperazine rings is 1. The van der Waals surface area contributed by atoms with Crippen LogP contribution in [0.4, 0.5) is 0 Å². The van der Waals surface area contributed by atoms with Crippen LogP contribution in [0.25, 0.3) is 0 Å². The predicted octanol–water partition coefficient (Wildman–Crippen LogP) is 1.15. The molecule has 1 aliphatic heterocycles. The minimum absolute atomic E-state index is 0.793. The quantitative estimate of drug-likeness (QED) is 0.774. The van der Waals surface area contributed by atoms with Crippen LogP contribution in [0, 0.1) is 0 Å². The largest absolute Gasteiger partial charge is 0.311 e. The Bertz CT molecular complexity index is 203. The van der Waals surface area contributed by atoms with Gasteiger partial charge < -0.3 is 10.2 Å². The van der Waals surface area contributed by atoms with Gasteiger partial charge in [0, 0.05) is 25.2 Å².